The molecule has 1 fully saturated rings. The molecule has 2 aromatic carbocycles. The number of carbonyl (C=O) groups excluding carboxylic acids is 1. The second-order valence-corrected chi connectivity index (χ2v) is 5.83. The first kappa shape index (κ1) is 15.9. The summed E-state index contributed by atoms with van der Waals surface area (Å²) in [6.45, 7) is 0.396. The molecule has 1 aliphatic carbocycles. The fraction of sp³-hybridized carbons (Fsp3) is 0.263. The van der Waals surface area contributed by atoms with Crippen LogP contribution >= 0.6 is 0 Å². The second kappa shape index (κ2) is 7.05. The molecule has 5 heteroatoms. The number of carbonyl (C=O) groups is 1. The van der Waals surface area contributed by atoms with E-state index in [1.54, 1.807) is 19.2 Å². The Hall–Kier alpha value is -3.00. The summed E-state index contributed by atoms with van der Waals surface area (Å²) in [5.41, 5.74) is 2.63. The Kier molecular flexibility index (Phi) is 4.66. The van der Waals surface area contributed by atoms with E-state index < -0.39 is 0 Å². The van der Waals surface area contributed by atoms with Crippen molar-refractivity contribution in [3.05, 3.63) is 65.2 Å². The lowest BCUT2D eigenvalue weighted by Gasteiger charge is -2.10. The molecule has 0 unspecified atom stereocenters. The topological polar surface area (TPSA) is 74.2 Å². The summed E-state index contributed by atoms with van der Waals surface area (Å²) in [5.74, 6) is 1.16. The highest BCUT2D eigenvalue weighted by Crippen LogP contribution is 2.44. The minimum Gasteiger partial charge on any atom is -0.496 e. The number of nitrogens with zero attached hydrogens (tertiary/aromatic N) is 1. The molecular formula is C19H19N3O2. The van der Waals surface area contributed by atoms with Crippen LogP contribution in [0.3, 0.4) is 0 Å². The number of ether oxygens (including phenoxy) is 1. The summed E-state index contributed by atoms with van der Waals surface area (Å²) in [7, 11) is 1.66. The molecule has 1 aliphatic rings. The monoisotopic (exact) mass is 321 g/mol. The van der Waals surface area contributed by atoms with E-state index in [0.717, 1.165) is 23.3 Å². The number of urea groups is 1. The summed E-state index contributed by atoms with van der Waals surface area (Å²) < 4.78 is 5.37. The SMILES string of the molecule is COc1ccccc1[C@@H]1C[C@H]1NC(=O)NCc1cccc(C#N)c1. The third kappa shape index (κ3) is 3.66. The van der Waals surface area contributed by atoms with Crippen LogP contribution in [0.2, 0.25) is 0 Å². The molecule has 24 heavy (non-hydrogen) atoms. The summed E-state index contributed by atoms with van der Waals surface area (Å²) in [5, 5.41) is 14.7. The lowest BCUT2D eigenvalue weighted by atomic mass is 10.1. The summed E-state index contributed by atoms with van der Waals surface area (Å²) in [6, 6.07) is 17.1. The lowest BCUT2D eigenvalue weighted by Crippen LogP contribution is -2.36. The van der Waals surface area contributed by atoms with Gasteiger partial charge in [-0.25, -0.2) is 4.79 Å². The van der Waals surface area contributed by atoms with E-state index in [2.05, 4.69) is 16.7 Å². The van der Waals surface area contributed by atoms with Crippen molar-refractivity contribution in [1.29, 1.82) is 5.26 Å². The van der Waals surface area contributed by atoms with Crippen molar-refractivity contribution in [1.82, 2.24) is 10.6 Å². The predicted octanol–water partition coefficient (Wildman–Crippen LogP) is 2.92. The highest BCUT2D eigenvalue weighted by Gasteiger charge is 2.41. The van der Waals surface area contributed by atoms with Gasteiger partial charge in [0.25, 0.3) is 0 Å². The minimum absolute atomic E-state index is 0.131. The third-order valence-electron chi connectivity index (χ3n) is 4.15. The number of amides is 2. The molecule has 0 heterocycles. The van der Waals surface area contributed by atoms with Gasteiger partial charge in [0.2, 0.25) is 0 Å². The summed E-state index contributed by atoms with van der Waals surface area (Å²) in [4.78, 5) is 12.0. The van der Waals surface area contributed by atoms with E-state index in [1.165, 1.54) is 0 Å². The van der Waals surface area contributed by atoms with Crippen LogP contribution in [0.1, 0.15) is 29.0 Å². The van der Waals surface area contributed by atoms with Crippen LogP contribution in [0.25, 0.3) is 0 Å². The standard InChI is InChI=1S/C19H19N3O2/c1-24-18-8-3-2-7-15(18)16-10-17(16)22-19(23)21-12-14-6-4-5-13(9-14)11-20/h2-9,16-17H,10,12H2,1H3,(H2,21,22,23)/t16-,17+/m0/s1. The van der Waals surface area contributed by atoms with Crippen molar-refractivity contribution in [2.75, 3.05) is 7.11 Å². The van der Waals surface area contributed by atoms with Crippen LogP contribution in [0.15, 0.2) is 48.5 Å². The molecule has 0 saturated heterocycles. The molecule has 0 radical (unpaired) electrons. The van der Waals surface area contributed by atoms with Gasteiger partial charge in [-0.1, -0.05) is 30.3 Å². The maximum absolute atomic E-state index is 12.0. The van der Waals surface area contributed by atoms with Crippen molar-refractivity contribution >= 4 is 6.03 Å². The Morgan fingerprint density at radius 2 is 2.12 bits per heavy atom. The zero-order valence-corrected chi connectivity index (χ0v) is 13.5. The van der Waals surface area contributed by atoms with Gasteiger partial charge in [-0.05, 0) is 35.7 Å². The molecule has 3 rings (SSSR count). The first-order valence-corrected chi connectivity index (χ1v) is 7.87. The Bertz CT molecular complexity index is 782. The maximum atomic E-state index is 12.0. The molecule has 0 aromatic heterocycles. The number of rotatable bonds is 5. The fourth-order valence-electron chi connectivity index (χ4n) is 2.82. The smallest absolute Gasteiger partial charge is 0.315 e. The average molecular weight is 321 g/mol. The molecule has 2 N–H and O–H groups in total. The normalized spacial score (nSPS) is 18.3. The fourth-order valence-corrected chi connectivity index (χ4v) is 2.82. The van der Waals surface area contributed by atoms with E-state index in [0.29, 0.717) is 18.0 Å². The lowest BCUT2D eigenvalue weighted by molar-refractivity contribution is 0.240. The van der Waals surface area contributed by atoms with Gasteiger partial charge in [0.15, 0.2) is 0 Å². The molecule has 1 saturated carbocycles. The van der Waals surface area contributed by atoms with Crippen LogP contribution in [0.5, 0.6) is 5.75 Å². The van der Waals surface area contributed by atoms with Gasteiger partial charge in [-0.3, -0.25) is 0 Å². The van der Waals surface area contributed by atoms with Gasteiger partial charge < -0.3 is 15.4 Å². The van der Waals surface area contributed by atoms with E-state index >= 15 is 0 Å². The molecule has 0 spiro atoms. The van der Waals surface area contributed by atoms with Gasteiger partial charge in [0.1, 0.15) is 5.75 Å². The molecule has 122 valence electrons. The van der Waals surface area contributed by atoms with Crippen molar-refractivity contribution in [3.63, 3.8) is 0 Å². The third-order valence-corrected chi connectivity index (χ3v) is 4.15. The van der Waals surface area contributed by atoms with E-state index in [9.17, 15) is 4.79 Å². The number of hydrogen-bond acceptors (Lipinski definition) is 3. The van der Waals surface area contributed by atoms with E-state index in [1.807, 2.05) is 36.4 Å². The Morgan fingerprint density at radius 1 is 1.29 bits per heavy atom. The number of nitriles is 1. The molecule has 2 atom stereocenters. The maximum Gasteiger partial charge on any atom is 0.315 e. The molecule has 0 bridgehead atoms. The van der Waals surface area contributed by atoms with Crippen LogP contribution in [0.4, 0.5) is 4.79 Å². The number of methoxy groups -OCH3 is 1. The summed E-state index contributed by atoms with van der Waals surface area (Å²) in [6.07, 6.45) is 0.914. The van der Waals surface area contributed by atoms with Crippen molar-refractivity contribution in [3.8, 4) is 11.8 Å². The zero-order chi connectivity index (χ0) is 16.9. The van der Waals surface area contributed by atoms with Gasteiger partial charge in [0, 0.05) is 18.5 Å². The van der Waals surface area contributed by atoms with Crippen LogP contribution in [-0.4, -0.2) is 19.2 Å². The first-order chi connectivity index (χ1) is 11.7. The van der Waals surface area contributed by atoms with Gasteiger partial charge >= 0.3 is 6.03 Å². The second-order valence-electron chi connectivity index (χ2n) is 5.83. The number of benzene rings is 2. The molecule has 0 aliphatic heterocycles. The highest BCUT2D eigenvalue weighted by atomic mass is 16.5. The molecule has 2 amide bonds. The van der Waals surface area contributed by atoms with E-state index in [-0.39, 0.29) is 12.1 Å². The van der Waals surface area contributed by atoms with Crippen LogP contribution < -0.4 is 15.4 Å². The first-order valence-electron chi connectivity index (χ1n) is 7.87. The zero-order valence-electron chi connectivity index (χ0n) is 13.5. The Morgan fingerprint density at radius 3 is 2.92 bits per heavy atom. The Balaban J connectivity index is 1.51. The van der Waals surface area contributed by atoms with Crippen LogP contribution in [-0.2, 0) is 6.54 Å². The molecule has 5 nitrogen and oxygen atoms in total. The van der Waals surface area contributed by atoms with Gasteiger partial charge in [-0.2, -0.15) is 5.26 Å². The minimum atomic E-state index is -0.195. The van der Waals surface area contributed by atoms with Gasteiger partial charge in [0.05, 0.1) is 18.7 Å². The average Bonchev–Trinajstić information content (AvgIpc) is 3.39. The van der Waals surface area contributed by atoms with Crippen LogP contribution in [0, 0.1) is 11.3 Å². The van der Waals surface area contributed by atoms with Crippen molar-refractivity contribution in [2.45, 2.75) is 24.9 Å². The molecule has 2 aromatic rings. The highest BCUT2D eigenvalue weighted by molar-refractivity contribution is 5.75. The number of nitrogens with one attached hydrogen (secondary N) is 2. The quantitative estimate of drug-likeness (QED) is 0.889. The molecular weight excluding hydrogens is 302 g/mol. The number of hydrogen-bond donors (Lipinski definition) is 2. The van der Waals surface area contributed by atoms with Crippen molar-refractivity contribution in [2.24, 2.45) is 0 Å². The number of para-hydroxylation sites is 1. The van der Waals surface area contributed by atoms with Gasteiger partial charge in [-0.15, -0.1) is 0 Å². The van der Waals surface area contributed by atoms with E-state index in [4.69, 9.17) is 10.00 Å². The predicted molar refractivity (Wildman–Crippen MR) is 90.7 cm³/mol. The summed E-state index contributed by atoms with van der Waals surface area (Å²) >= 11 is 0. The largest absolute Gasteiger partial charge is 0.496 e. The Labute approximate surface area is 141 Å². The van der Waals surface area contributed by atoms with Crippen molar-refractivity contribution < 1.29 is 9.53 Å².